The minimum absolute atomic E-state index is 0.0435. The molecule has 1 aromatic rings. The van der Waals surface area contributed by atoms with Crippen molar-refractivity contribution in [1.29, 1.82) is 0 Å². The van der Waals surface area contributed by atoms with Crippen molar-refractivity contribution in [3.8, 4) is 0 Å². The number of β-amino-alcohol motifs (C(OH)–C–C–N with tert-alkyl or cyclic N) is 1. The molecule has 0 aromatic carbocycles. The van der Waals surface area contributed by atoms with E-state index in [-0.39, 0.29) is 12.6 Å². The van der Waals surface area contributed by atoms with E-state index < -0.39 is 6.10 Å². The maximum Gasteiger partial charge on any atom is 0.319 e. The van der Waals surface area contributed by atoms with Crippen LogP contribution < -0.4 is 0 Å². The van der Waals surface area contributed by atoms with Gasteiger partial charge in [0, 0.05) is 46.8 Å². The molecule has 1 aromatic heterocycles. The lowest BCUT2D eigenvalue weighted by Gasteiger charge is -2.36. The molecule has 7 heteroatoms. The van der Waals surface area contributed by atoms with E-state index in [9.17, 15) is 9.90 Å². The van der Waals surface area contributed by atoms with Crippen LogP contribution in [0.3, 0.4) is 0 Å². The number of piperazine rings is 1. The lowest BCUT2D eigenvalue weighted by atomic mass is 10.2. The van der Waals surface area contributed by atoms with Gasteiger partial charge < -0.3 is 24.1 Å². The summed E-state index contributed by atoms with van der Waals surface area (Å²) in [5, 5.41) is 10.0. The van der Waals surface area contributed by atoms with Crippen molar-refractivity contribution in [2.75, 3.05) is 53.4 Å². The number of carbonyl (C=O) groups excluding carboxylic acids is 1. The Bertz CT molecular complexity index is 442. The number of amides is 2. The van der Waals surface area contributed by atoms with Crippen LogP contribution >= 0.6 is 0 Å². The number of ether oxygens (including phenoxy) is 1. The summed E-state index contributed by atoms with van der Waals surface area (Å²) >= 11 is 0. The van der Waals surface area contributed by atoms with Gasteiger partial charge in [0.05, 0.1) is 19.0 Å². The Hall–Kier alpha value is -1.57. The Morgan fingerprint density at radius 3 is 2.73 bits per heavy atom. The van der Waals surface area contributed by atoms with Crippen molar-refractivity contribution < 1.29 is 19.1 Å². The molecule has 2 amide bonds. The predicted octanol–water partition coefficient (Wildman–Crippen LogP) is 0.456. The van der Waals surface area contributed by atoms with E-state index in [4.69, 9.17) is 9.15 Å². The molecule has 1 aliphatic heterocycles. The summed E-state index contributed by atoms with van der Waals surface area (Å²) in [6, 6.07) is 3.69. The molecule has 1 atom stereocenters. The highest BCUT2D eigenvalue weighted by atomic mass is 16.5. The van der Waals surface area contributed by atoms with Crippen molar-refractivity contribution in [3.05, 3.63) is 24.2 Å². The zero-order chi connectivity index (χ0) is 15.9. The van der Waals surface area contributed by atoms with Gasteiger partial charge in [-0.3, -0.25) is 4.90 Å². The van der Waals surface area contributed by atoms with Crippen LogP contribution in [0.5, 0.6) is 0 Å². The smallest absolute Gasteiger partial charge is 0.319 e. The molecule has 22 heavy (non-hydrogen) atoms. The van der Waals surface area contributed by atoms with Crippen LogP contribution in [0.25, 0.3) is 0 Å². The molecule has 1 fully saturated rings. The zero-order valence-corrected chi connectivity index (χ0v) is 13.3. The standard InChI is InChI=1S/C15H25N3O4/c1-16(2)15(20)18-7-5-17(6-8-18)10-13(19)11-21-12-14-4-3-9-22-14/h3-4,9,13,19H,5-8,10-12H2,1-2H3/t13-/m0/s1. The van der Waals surface area contributed by atoms with Crippen molar-refractivity contribution >= 4 is 6.03 Å². The average molecular weight is 311 g/mol. The number of aliphatic hydroxyl groups excluding tert-OH is 1. The van der Waals surface area contributed by atoms with E-state index in [1.54, 1.807) is 25.3 Å². The number of urea groups is 1. The van der Waals surface area contributed by atoms with Crippen LogP contribution in [-0.2, 0) is 11.3 Å². The highest BCUT2D eigenvalue weighted by molar-refractivity contribution is 5.73. The monoisotopic (exact) mass is 311 g/mol. The highest BCUT2D eigenvalue weighted by Gasteiger charge is 2.23. The van der Waals surface area contributed by atoms with Gasteiger partial charge in [0.15, 0.2) is 0 Å². The molecule has 0 bridgehead atoms. The van der Waals surface area contributed by atoms with Gasteiger partial charge in [0.2, 0.25) is 0 Å². The first-order chi connectivity index (χ1) is 10.6. The number of hydrogen-bond acceptors (Lipinski definition) is 5. The molecule has 2 rings (SSSR count). The van der Waals surface area contributed by atoms with E-state index >= 15 is 0 Å². The number of nitrogens with zero attached hydrogens (tertiary/aromatic N) is 3. The van der Waals surface area contributed by atoms with Gasteiger partial charge in [-0.2, -0.15) is 0 Å². The number of furan rings is 1. The molecule has 2 heterocycles. The lowest BCUT2D eigenvalue weighted by molar-refractivity contribution is -0.000995. The summed E-state index contributed by atoms with van der Waals surface area (Å²) in [5.74, 6) is 0.753. The fraction of sp³-hybridized carbons (Fsp3) is 0.667. The molecule has 0 unspecified atom stereocenters. The van der Waals surface area contributed by atoms with Gasteiger partial charge >= 0.3 is 6.03 Å². The van der Waals surface area contributed by atoms with Gasteiger partial charge in [-0.15, -0.1) is 0 Å². The first-order valence-electron chi connectivity index (χ1n) is 7.53. The van der Waals surface area contributed by atoms with E-state index in [0.29, 0.717) is 26.2 Å². The van der Waals surface area contributed by atoms with Gasteiger partial charge in [-0.1, -0.05) is 0 Å². The first-order valence-corrected chi connectivity index (χ1v) is 7.53. The molecule has 0 spiro atoms. The third kappa shape index (κ3) is 5.01. The summed E-state index contributed by atoms with van der Waals surface area (Å²) in [6.07, 6.45) is 1.06. The van der Waals surface area contributed by atoms with Crippen LogP contribution in [0.2, 0.25) is 0 Å². The number of aliphatic hydroxyl groups is 1. The maximum absolute atomic E-state index is 11.8. The minimum atomic E-state index is -0.536. The van der Waals surface area contributed by atoms with Crippen molar-refractivity contribution in [2.24, 2.45) is 0 Å². The van der Waals surface area contributed by atoms with Crippen molar-refractivity contribution in [1.82, 2.24) is 14.7 Å². The largest absolute Gasteiger partial charge is 0.467 e. The molecule has 7 nitrogen and oxygen atoms in total. The fourth-order valence-corrected chi connectivity index (χ4v) is 2.45. The Kier molecular flexibility index (Phi) is 6.23. The van der Waals surface area contributed by atoms with Crippen LogP contribution in [0.4, 0.5) is 4.79 Å². The number of carbonyl (C=O) groups is 1. The van der Waals surface area contributed by atoms with Crippen molar-refractivity contribution in [2.45, 2.75) is 12.7 Å². The van der Waals surface area contributed by atoms with Gasteiger partial charge in [0.25, 0.3) is 0 Å². The molecular formula is C15H25N3O4. The molecular weight excluding hydrogens is 286 g/mol. The van der Waals surface area contributed by atoms with Crippen LogP contribution in [0.1, 0.15) is 5.76 Å². The summed E-state index contributed by atoms with van der Waals surface area (Å²) in [5.41, 5.74) is 0. The molecule has 1 saturated heterocycles. The second-order valence-electron chi connectivity index (χ2n) is 5.71. The molecule has 1 aliphatic rings. The lowest BCUT2D eigenvalue weighted by Crippen LogP contribution is -2.53. The third-order valence-electron chi connectivity index (χ3n) is 3.63. The predicted molar refractivity (Wildman–Crippen MR) is 81.5 cm³/mol. The Labute approximate surface area is 131 Å². The minimum Gasteiger partial charge on any atom is -0.467 e. The number of rotatable bonds is 6. The molecule has 0 aliphatic carbocycles. The van der Waals surface area contributed by atoms with Gasteiger partial charge in [-0.05, 0) is 12.1 Å². The molecule has 0 radical (unpaired) electrons. The second kappa shape index (κ2) is 8.17. The van der Waals surface area contributed by atoms with Crippen LogP contribution in [-0.4, -0.2) is 85.4 Å². The fourth-order valence-electron chi connectivity index (χ4n) is 2.45. The molecule has 0 saturated carbocycles. The Morgan fingerprint density at radius 2 is 2.14 bits per heavy atom. The maximum atomic E-state index is 11.8. The SMILES string of the molecule is CN(C)C(=O)N1CCN(C[C@H](O)COCc2ccco2)CC1. The highest BCUT2D eigenvalue weighted by Crippen LogP contribution is 2.06. The van der Waals surface area contributed by atoms with E-state index in [1.165, 1.54) is 0 Å². The Balaban J connectivity index is 1.62. The average Bonchev–Trinajstić information content (AvgIpc) is 3.00. The van der Waals surface area contributed by atoms with E-state index in [2.05, 4.69) is 4.90 Å². The quantitative estimate of drug-likeness (QED) is 0.826. The van der Waals surface area contributed by atoms with Crippen LogP contribution in [0, 0.1) is 0 Å². The summed E-state index contributed by atoms with van der Waals surface area (Å²) in [4.78, 5) is 17.4. The van der Waals surface area contributed by atoms with Gasteiger partial charge in [-0.25, -0.2) is 4.79 Å². The second-order valence-corrected chi connectivity index (χ2v) is 5.71. The molecule has 124 valence electrons. The summed E-state index contributed by atoms with van der Waals surface area (Å²) in [6.45, 7) is 4.13. The molecule has 1 N–H and O–H groups in total. The summed E-state index contributed by atoms with van der Waals surface area (Å²) in [7, 11) is 3.52. The zero-order valence-electron chi connectivity index (χ0n) is 13.3. The van der Waals surface area contributed by atoms with Gasteiger partial charge in [0.1, 0.15) is 12.4 Å². The number of hydrogen-bond donors (Lipinski definition) is 1. The Morgan fingerprint density at radius 1 is 1.41 bits per heavy atom. The third-order valence-corrected chi connectivity index (χ3v) is 3.63. The van der Waals surface area contributed by atoms with Crippen LogP contribution in [0.15, 0.2) is 22.8 Å². The topological polar surface area (TPSA) is 69.4 Å². The van der Waals surface area contributed by atoms with E-state index in [0.717, 1.165) is 18.8 Å². The summed E-state index contributed by atoms with van der Waals surface area (Å²) < 4.78 is 10.6. The normalized spacial score (nSPS) is 17.5. The first kappa shape index (κ1) is 16.8. The van der Waals surface area contributed by atoms with Crippen molar-refractivity contribution in [3.63, 3.8) is 0 Å². The van der Waals surface area contributed by atoms with E-state index in [1.807, 2.05) is 17.0 Å².